The molecule has 0 radical (unpaired) electrons. The van der Waals surface area contributed by atoms with Crippen LogP contribution in [0.3, 0.4) is 0 Å². The Hall–Kier alpha value is -1.94. The molecular weight excluding hydrogens is 238 g/mol. The van der Waals surface area contributed by atoms with Gasteiger partial charge in [-0.25, -0.2) is 0 Å². The van der Waals surface area contributed by atoms with E-state index in [4.69, 9.17) is 10.8 Å². The van der Waals surface area contributed by atoms with E-state index in [1.165, 1.54) is 17.8 Å². The normalized spacial score (nSPS) is 11.0. The van der Waals surface area contributed by atoms with Crippen LogP contribution in [0.2, 0.25) is 0 Å². The molecule has 0 spiro atoms. The lowest BCUT2D eigenvalue weighted by molar-refractivity contribution is 0.986. The molecule has 2 N–H and O–H groups in total. The van der Waals surface area contributed by atoms with E-state index in [1.807, 2.05) is 0 Å². The molecule has 0 aliphatic heterocycles. The fourth-order valence-corrected chi connectivity index (χ4v) is 2.13. The van der Waals surface area contributed by atoms with E-state index in [1.54, 1.807) is 13.8 Å². The zero-order chi connectivity index (χ0) is 12.8. The molecule has 0 atom stereocenters. The lowest BCUT2D eigenvalue weighted by Crippen LogP contribution is -2.09. The van der Waals surface area contributed by atoms with Crippen LogP contribution in [0.4, 0.5) is 0 Å². The first-order valence-corrected chi connectivity index (χ1v) is 5.73. The summed E-state index contributed by atoms with van der Waals surface area (Å²) < 4.78 is 0. The first kappa shape index (κ1) is 13.1. The molecule has 0 amide bonds. The van der Waals surface area contributed by atoms with Crippen LogP contribution in [0.25, 0.3) is 0 Å². The van der Waals surface area contributed by atoms with Gasteiger partial charge in [-0.15, -0.1) is 16.9 Å². The lowest BCUT2D eigenvalue weighted by atomic mass is 10.2. The van der Waals surface area contributed by atoms with Crippen molar-refractivity contribution in [2.45, 2.75) is 18.9 Å². The third kappa shape index (κ3) is 3.53. The van der Waals surface area contributed by atoms with Crippen molar-refractivity contribution < 1.29 is 0 Å². The van der Waals surface area contributed by atoms with Crippen LogP contribution in [-0.2, 0) is 0 Å². The number of nitrogens with zero attached hydrogens (tertiary/aromatic N) is 3. The molecule has 1 heterocycles. The number of nitrogens with one attached hydrogen (secondary N) is 2. The van der Waals surface area contributed by atoms with Crippen LogP contribution in [-0.4, -0.2) is 16.4 Å². The number of aromatic nitrogens is 1. The fraction of sp³-hybridized carbons (Fsp3) is 0.300. The van der Waals surface area contributed by atoms with Crippen molar-refractivity contribution in [3.63, 3.8) is 0 Å². The molecule has 0 aliphatic rings. The maximum Gasteiger partial charge on any atom is 0.249 e. The second-order valence-electron chi connectivity index (χ2n) is 3.36. The van der Waals surface area contributed by atoms with Crippen LogP contribution in [0.1, 0.15) is 18.1 Å². The molecule has 0 fully saturated rings. The van der Waals surface area contributed by atoms with Gasteiger partial charge in [0.15, 0.2) is 0 Å². The van der Waals surface area contributed by atoms with Crippen molar-refractivity contribution in [1.82, 2.24) is 4.98 Å². The predicted octanol–water partition coefficient (Wildman–Crippen LogP) is 2.05. The summed E-state index contributed by atoms with van der Waals surface area (Å²) in [6.07, 6.45) is 0. The number of H-pyrrole nitrogens is 1. The Morgan fingerprint density at radius 1 is 1.71 bits per heavy atom. The van der Waals surface area contributed by atoms with Crippen molar-refractivity contribution in [2.75, 3.05) is 5.75 Å². The predicted molar refractivity (Wildman–Crippen MR) is 65.5 cm³/mol. The maximum atomic E-state index is 11.3. The van der Waals surface area contributed by atoms with Crippen molar-refractivity contribution >= 4 is 17.5 Å². The van der Waals surface area contributed by atoms with Gasteiger partial charge < -0.3 is 4.98 Å². The zero-order valence-corrected chi connectivity index (χ0v) is 10.3. The molecular formula is C10H11N5OS. The van der Waals surface area contributed by atoms with Crippen LogP contribution in [0.15, 0.2) is 26.2 Å². The number of aryl methyl sites for hydroxylation is 1. The Bertz CT molecular complexity index is 555. The summed E-state index contributed by atoms with van der Waals surface area (Å²) in [4.78, 5) is 13.9. The van der Waals surface area contributed by atoms with E-state index in [-0.39, 0.29) is 5.56 Å². The molecule has 7 heteroatoms. The summed E-state index contributed by atoms with van der Waals surface area (Å²) in [5, 5.41) is 16.0. The van der Waals surface area contributed by atoms with Crippen molar-refractivity contribution in [3.05, 3.63) is 27.5 Å². The fourth-order valence-electron chi connectivity index (χ4n) is 1.20. The van der Waals surface area contributed by atoms with Crippen LogP contribution >= 0.6 is 11.8 Å². The summed E-state index contributed by atoms with van der Waals surface area (Å²) in [6.45, 7) is 3.45. The van der Waals surface area contributed by atoms with Crippen molar-refractivity contribution in [3.8, 4) is 6.07 Å². The summed E-state index contributed by atoms with van der Waals surface area (Å²) >= 11 is 1.30. The van der Waals surface area contributed by atoms with Crippen LogP contribution in [0, 0.1) is 23.8 Å². The van der Waals surface area contributed by atoms with E-state index in [0.29, 0.717) is 27.6 Å². The number of nitriles is 1. The van der Waals surface area contributed by atoms with Gasteiger partial charge in [-0.1, -0.05) is 5.22 Å². The Labute approximate surface area is 102 Å². The Balaban J connectivity index is 2.99. The summed E-state index contributed by atoms with van der Waals surface area (Å²) in [6, 6.07) is 3.45. The maximum absolute atomic E-state index is 11.3. The number of rotatable bonds is 4. The smallest absolute Gasteiger partial charge is 0.249 e. The average molecular weight is 249 g/mol. The Morgan fingerprint density at radius 3 is 3.00 bits per heavy atom. The molecule has 6 nitrogen and oxygen atoms in total. The van der Waals surface area contributed by atoms with Gasteiger partial charge in [-0.3, -0.25) is 4.79 Å². The minimum Gasteiger partial charge on any atom is -0.316 e. The first-order valence-electron chi connectivity index (χ1n) is 4.75. The minimum atomic E-state index is -0.233. The van der Waals surface area contributed by atoms with Gasteiger partial charge >= 0.3 is 0 Å². The van der Waals surface area contributed by atoms with Gasteiger partial charge in [0.1, 0.15) is 6.07 Å². The number of aromatic amines is 1. The first-order chi connectivity index (χ1) is 8.08. The molecule has 0 aromatic carbocycles. The summed E-state index contributed by atoms with van der Waals surface area (Å²) in [5.74, 6) is 0.469. The van der Waals surface area contributed by atoms with Gasteiger partial charge in [0.05, 0.1) is 10.6 Å². The van der Waals surface area contributed by atoms with Crippen molar-refractivity contribution in [2.24, 2.45) is 10.3 Å². The highest BCUT2D eigenvalue weighted by molar-refractivity contribution is 8.00. The molecule has 0 unspecified atom stereocenters. The van der Waals surface area contributed by atoms with Gasteiger partial charge in [0.2, 0.25) is 5.56 Å². The Kier molecular flexibility index (Phi) is 4.60. The number of thioether (sulfide) groups is 1. The standard InChI is InChI=1S/C10H11N5OS/c1-6-3-9(16)13-10(8(6)4-11)17-5-7(2)14-15-12/h3,12H,5H2,1-2H3,(H,13,16)/b14-7+,15-12?. The quantitative estimate of drug-likeness (QED) is 0.369. The molecule has 88 valence electrons. The SMILES string of the molecule is C/C(CSc1[nH]c(=O)cc(C)c1C#N)=N\N=N. The van der Waals surface area contributed by atoms with E-state index in [9.17, 15) is 4.79 Å². The molecule has 1 rings (SSSR count). The number of hydrogen-bond donors (Lipinski definition) is 2. The highest BCUT2D eigenvalue weighted by atomic mass is 32.2. The second-order valence-corrected chi connectivity index (χ2v) is 4.34. The minimum absolute atomic E-state index is 0.233. The lowest BCUT2D eigenvalue weighted by Gasteiger charge is -2.04. The summed E-state index contributed by atoms with van der Waals surface area (Å²) in [7, 11) is 0. The van der Waals surface area contributed by atoms with Crippen LogP contribution in [0.5, 0.6) is 0 Å². The molecule has 0 aliphatic carbocycles. The monoisotopic (exact) mass is 249 g/mol. The Morgan fingerprint density at radius 2 is 2.41 bits per heavy atom. The van der Waals surface area contributed by atoms with Gasteiger partial charge in [0, 0.05) is 17.5 Å². The molecule has 0 saturated carbocycles. The molecule has 1 aromatic heterocycles. The molecule has 0 bridgehead atoms. The average Bonchev–Trinajstić information content (AvgIpc) is 2.26. The topological polar surface area (TPSA) is 105 Å². The van der Waals surface area contributed by atoms with Gasteiger partial charge in [0.25, 0.3) is 0 Å². The number of hydrogen-bond acceptors (Lipinski definition) is 5. The summed E-state index contributed by atoms with van der Waals surface area (Å²) in [5.41, 5.74) is 8.11. The van der Waals surface area contributed by atoms with Gasteiger partial charge in [-0.05, 0) is 19.4 Å². The third-order valence-electron chi connectivity index (χ3n) is 1.96. The van der Waals surface area contributed by atoms with E-state index in [2.05, 4.69) is 21.4 Å². The molecule has 17 heavy (non-hydrogen) atoms. The third-order valence-corrected chi connectivity index (χ3v) is 3.12. The highest BCUT2D eigenvalue weighted by Crippen LogP contribution is 2.20. The second kappa shape index (κ2) is 5.96. The van der Waals surface area contributed by atoms with E-state index >= 15 is 0 Å². The largest absolute Gasteiger partial charge is 0.316 e. The highest BCUT2D eigenvalue weighted by Gasteiger charge is 2.08. The van der Waals surface area contributed by atoms with Crippen molar-refractivity contribution in [1.29, 1.82) is 10.8 Å². The molecule has 0 saturated heterocycles. The van der Waals surface area contributed by atoms with E-state index < -0.39 is 0 Å². The number of pyridine rings is 1. The van der Waals surface area contributed by atoms with E-state index in [0.717, 1.165) is 0 Å². The van der Waals surface area contributed by atoms with Crippen LogP contribution < -0.4 is 5.56 Å². The van der Waals surface area contributed by atoms with Gasteiger partial charge in [-0.2, -0.15) is 10.8 Å². The molecule has 1 aromatic rings. The zero-order valence-electron chi connectivity index (χ0n) is 9.44.